The van der Waals surface area contributed by atoms with Crippen LogP contribution in [0.15, 0.2) is 114 Å². The Bertz CT molecular complexity index is 2560. The summed E-state index contributed by atoms with van der Waals surface area (Å²) in [5, 5.41) is 27.9. The van der Waals surface area contributed by atoms with Gasteiger partial charge in [-0.05, 0) is 110 Å². The predicted octanol–water partition coefficient (Wildman–Crippen LogP) is 9.32. The van der Waals surface area contributed by atoms with Crippen LogP contribution in [0.4, 0.5) is 10.5 Å². The summed E-state index contributed by atoms with van der Waals surface area (Å²) in [5.74, 6) is 0.429. The molecule has 370 valence electrons. The minimum atomic E-state index is -1.48. The van der Waals surface area contributed by atoms with E-state index in [0.717, 1.165) is 60.8 Å². The van der Waals surface area contributed by atoms with Gasteiger partial charge in [0.2, 0.25) is 18.5 Å². The Kier molecular flexibility index (Phi) is 15.3. The van der Waals surface area contributed by atoms with Crippen LogP contribution in [-0.4, -0.2) is 85.5 Å². The molecule has 2 heterocycles. The highest BCUT2D eigenvalue weighted by atomic mass is 16.7. The average Bonchev–Trinajstić information content (AvgIpc) is 4.13. The lowest BCUT2D eigenvalue weighted by molar-refractivity contribution is -0.258. The molecule has 4 aromatic rings. The second kappa shape index (κ2) is 22.0. The fourth-order valence-electron chi connectivity index (χ4n) is 10.8. The predicted molar refractivity (Wildman–Crippen MR) is 261 cm³/mol. The number of ether oxygens (including phenoxy) is 7. The Morgan fingerprint density at radius 3 is 2.40 bits per heavy atom. The molecule has 70 heavy (non-hydrogen) atoms. The smallest absolute Gasteiger partial charge is 0.417 e. The van der Waals surface area contributed by atoms with Crippen molar-refractivity contribution in [3.63, 3.8) is 0 Å². The van der Waals surface area contributed by atoms with Crippen LogP contribution in [0.3, 0.4) is 0 Å². The molecule has 0 radical (unpaired) electrons. The Hall–Kier alpha value is -6.55. The van der Waals surface area contributed by atoms with Gasteiger partial charge in [0.25, 0.3) is 0 Å². The van der Waals surface area contributed by atoms with Gasteiger partial charge in [-0.1, -0.05) is 66.5 Å². The number of hydrogen-bond donors (Lipinski definition) is 3. The number of carbonyl (C=O) groups is 2. The number of oxime groups is 1. The first-order chi connectivity index (χ1) is 34.3. The number of anilines is 1. The van der Waals surface area contributed by atoms with Crippen LogP contribution in [0.25, 0.3) is 0 Å². The first-order valence-corrected chi connectivity index (χ1v) is 24.4. The van der Waals surface area contributed by atoms with Crippen LogP contribution in [0, 0.1) is 23.7 Å². The maximum Gasteiger partial charge on any atom is 0.417 e. The molecule has 2 amide bonds. The van der Waals surface area contributed by atoms with E-state index in [-0.39, 0.29) is 81.5 Å². The van der Waals surface area contributed by atoms with E-state index in [0.29, 0.717) is 53.0 Å². The van der Waals surface area contributed by atoms with Crippen molar-refractivity contribution in [1.82, 2.24) is 4.90 Å². The molecule has 9 rings (SSSR count). The van der Waals surface area contributed by atoms with Crippen molar-refractivity contribution in [2.75, 3.05) is 46.1 Å². The minimum Gasteiger partial charge on any atom is -0.497 e. The highest BCUT2D eigenvalue weighted by Crippen LogP contribution is 2.62. The van der Waals surface area contributed by atoms with Crippen LogP contribution in [-0.2, 0) is 27.5 Å². The zero-order valence-electron chi connectivity index (χ0n) is 39.9. The summed E-state index contributed by atoms with van der Waals surface area (Å²) >= 11 is 0. The molecule has 0 saturated heterocycles. The molecule has 0 unspecified atom stereocenters. The molecule has 3 aliphatic carbocycles. The topological polar surface area (TPSA) is 176 Å². The van der Waals surface area contributed by atoms with E-state index in [1.165, 1.54) is 7.11 Å². The van der Waals surface area contributed by atoms with Crippen LogP contribution in [0.1, 0.15) is 80.4 Å². The van der Waals surface area contributed by atoms with Gasteiger partial charge in [-0.3, -0.25) is 10.1 Å². The number of methoxy groups -OCH3 is 2. The average molecular weight is 958 g/mol. The summed E-state index contributed by atoms with van der Waals surface area (Å²) in [6.07, 6.45) is 9.34. The van der Waals surface area contributed by atoms with Crippen molar-refractivity contribution in [2.24, 2.45) is 28.8 Å². The summed E-state index contributed by atoms with van der Waals surface area (Å²) in [4.78, 5) is 37.0. The molecule has 2 fully saturated rings. The van der Waals surface area contributed by atoms with Gasteiger partial charge in [0.05, 0.1) is 38.1 Å². The maximum atomic E-state index is 15.1. The van der Waals surface area contributed by atoms with Crippen LogP contribution in [0.5, 0.6) is 34.5 Å². The van der Waals surface area contributed by atoms with Crippen molar-refractivity contribution < 1.29 is 57.8 Å². The number of nitrogens with one attached hydrogen (secondary N) is 1. The number of carbonyl (C=O) groups excluding carboxylic acids is 2. The standard InChI is InChI=1S/C55H63N3O12/c1-4-26-67-55-50(58(53(61)37-17-18-37)32-36-16-22-47-49(27-36)66-34-65-47)31-45(57-68-33-35-12-6-5-7-13-35)42-28-38(14-8-10-24-59)41(15-9-11-25-60)51(52(42)55)43-29-40(20-23-46(43)70-55)69-54(62)56-44-21-19-39(63-2)30-48(44)64-3/h4-7,12-13,16,19-23,27-30,37-38,41,50-52,59-60H,1,8-11,14-15,17-18,24-26,31-34H2,2-3H3,(H,56,62)/t38-,41+,50-,51+,52+,55+/m0/s1. The van der Waals surface area contributed by atoms with Gasteiger partial charge < -0.3 is 53.1 Å². The Morgan fingerprint density at radius 1 is 0.871 bits per heavy atom. The number of aliphatic hydroxyl groups excluding tert-OH is 2. The molecule has 15 nitrogen and oxygen atoms in total. The third kappa shape index (κ3) is 10.3. The van der Waals surface area contributed by atoms with Gasteiger partial charge in [-0.15, -0.1) is 6.58 Å². The second-order valence-electron chi connectivity index (χ2n) is 18.5. The van der Waals surface area contributed by atoms with Crippen LogP contribution >= 0.6 is 0 Å². The van der Waals surface area contributed by atoms with E-state index >= 15 is 4.79 Å². The van der Waals surface area contributed by atoms with Crippen molar-refractivity contribution >= 4 is 23.4 Å². The van der Waals surface area contributed by atoms with Crippen LogP contribution < -0.4 is 33.7 Å². The van der Waals surface area contributed by atoms with Gasteiger partial charge in [-0.25, -0.2) is 4.79 Å². The van der Waals surface area contributed by atoms with E-state index in [4.69, 9.17) is 43.2 Å². The third-order valence-corrected chi connectivity index (χ3v) is 14.1. The van der Waals surface area contributed by atoms with Gasteiger partial charge >= 0.3 is 6.09 Å². The number of aliphatic hydroxyl groups is 2. The molecule has 6 atom stereocenters. The zero-order chi connectivity index (χ0) is 48.6. The van der Waals surface area contributed by atoms with Gasteiger partial charge in [0.1, 0.15) is 35.6 Å². The Balaban J connectivity index is 1.19. The highest BCUT2D eigenvalue weighted by molar-refractivity contribution is 6.03. The lowest BCUT2D eigenvalue weighted by Gasteiger charge is -2.60. The second-order valence-corrected chi connectivity index (χ2v) is 18.5. The number of nitrogens with zero attached hydrogens (tertiary/aromatic N) is 2. The number of allylic oxidation sites excluding steroid dienone is 1. The van der Waals surface area contributed by atoms with Crippen molar-refractivity contribution in [3.05, 3.63) is 126 Å². The molecule has 2 saturated carbocycles. The number of amides is 2. The molecular formula is C55H63N3O12. The summed E-state index contributed by atoms with van der Waals surface area (Å²) in [6, 6.07) is 25.3. The van der Waals surface area contributed by atoms with E-state index in [1.807, 2.05) is 65.6 Å². The van der Waals surface area contributed by atoms with E-state index in [2.05, 4.69) is 18.0 Å². The van der Waals surface area contributed by atoms with Gasteiger partial charge in [0.15, 0.2) is 11.5 Å². The molecule has 3 N–H and O–H groups in total. The molecule has 0 aromatic heterocycles. The summed E-state index contributed by atoms with van der Waals surface area (Å²) < 4.78 is 43.1. The van der Waals surface area contributed by atoms with Crippen molar-refractivity contribution in [3.8, 4) is 34.5 Å². The Morgan fingerprint density at radius 2 is 1.64 bits per heavy atom. The maximum absolute atomic E-state index is 15.1. The third-order valence-electron chi connectivity index (χ3n) is 14.1. The number of hydrogen-bond acceptors (Lipinski definition) is 13. The summed E-state index contributed by atoms with van der Waals surface area (Å²) in [5.41, 5.74) is 4.59. The first kappa shape index (κ1) is 48.5. The first-order valence-electron chi connectivity index (χ1n) is 24.4. The monoisotopic (exact) mass is 957 g/mol. The molecule has 2 aliphatic heterocycles. The lowest BCUT2D eigenvalue weighted by Crippen LogP contribution is -2.70. The van der Waals surface area contributed by atoms with E-state index in [9.17, 15) is 15.0 Å². The lowest BCUT2D eigenvalue weighted by atomic mass is 9.55. The summed E-state index contributed by atoms with van der Waals surface area (Å²) in [7, 11) is 3.06. The summed E-state index contributed by atoms with van der Waals surface area (Å²) in [6.45, 7) is 4.88. The van der Waals surface area contributed by atoms with Crippen LogP contribution in [0.2, 0.25) is 0 Å². The normalized spacial score (nSPS) is 23.2. The quantitative estimate of drug-likeness (QED) is 0.0387. The van der Waals surface area contributed by atoms with Gasteiger partial charge in [-0.2, -0.15) is 0 Å². The molecule has 0 spiro atoms. The molecule has 4 aromatic carbocycles. The fraction of sp³-hybridized carbons (Fsp3) is 0.436. The molecule has 5 aliphatic rings. The molecule has 15 heteroatoms. The minimum absolute atomic E-state index is 0.00587. The zero-order valence-corrected chi connectivity index (χ0v) is 39.9. The largest absolute Gasteiger partial charge is 0.497 e. The number of rotatable bonds is 22. The van der Waals surface area contributed by atoms with E-state index < -0.39 is 23.8 Å². The van der Waals surface area contributed by atoms with Crippen molar-refractivity contribution in [2.45, 2.75) is 88.7 Å². The number of benzene rings is 4. The molecular weight excluding hydrogens is 895 g/mol. The van der Waals surface area contributed by atoms with Gasteiger partial charge in [0, 0.05) is 49.6 Å². The fourth-order valence-corrected chi connectivity index (χ4v) is 10.8. The highest BCUT2D eigenvalue weighted by Gasteiger charge is 2.66. The number of fused-ring (bicyclic) bond motifs is 3. The Labute approximate surface area is 408 Å². The van der Waals surface area contributed by atoms with Crippen molar-refractivity contribution in [1.29, 1.82) is 0 Å². The van der Waals surface area contributed by atoms with E-state index in [1.54, 1.807) is 37.5 Å². The number of unbranched alkanes of at least 4 members (excludes halogenated alkanes) is 2. The SMILES string of the molecule is C=CCO[C@@]12Oc3ccc(OC(=O)Nc4ccc(OC)cc4OC)cc3[C@H]3[C@H](CCCCO)[C@@H](CCCCO)C=C(C(=NOCc4ccccc4)C[C@@H]1N(Cc1ccc4c(c1)OCO4)C(=O)C1CC1)[C@H]32. The molecule has 0 bridgehead atoms.